The highest BCUT2D eigenvalue weighted by Gasteiger charge is 2.31. The molecule has 0 aliphatic carbocycles. The molecule has 27 heavy (non-hydrogen) atoms. The van der Waals surface area contributed by atoms with E-state index in [0.717, 1.165) is 25.9 Å². The Bertz CT molecular complexity index is 880. The zero-order chi connectivity index (χ0) is 19.8. The van der Waals surface area contributed by atoms with Crippen LogP contribution in [0.3, 0.4) is 0 Å². The standard InChI is InChI=1S/C18H22Cl2N6O/c1-18(9-21)5-7-26(8-6-18)17-24-14(16(23)27)12(15(22)25-17)10-3-2-4-11(19)13(10)20/h2-4H,5-9,21H2,1H3,(H2,23,27)(H2,22,24,25). The monoisotopic (exact) mass is 408 g/mol. The molecule has 1 aromatic carbocycles. The first-order valence-electron chi connectivity index (χ1n) is 8.62. The molecule has 1 saturated heterocycles. The summed E-state index contributed by atoms with van der Waals surface area (Å²) >= 11 is 12.4. The highest BCUT2D eigenvalue weighted by atomic mass is 35.5. The van der Waals surface area contributed by atoms with Gasteiger partial charge in [0, 0.05) is 18.7 Å². The van der Waals surface area contributed by atoms with Gasteiger partial charge in [-0.25, -0.2) is 4.98 Å². The van der Waals surface area contributed by atoms with Crippen LogP contribution >= 0.6 is 23.2 Å². The molecule has 3 rings (SSSR count). The predicted molar refractivity (Wildman–Crippen MR) is 109 cm³/mol. The van der Waals surface area contributed by atoms with E-state index in [2.05, 4.69) is 16.9 Å². The van der Waals surface area contributed by atoms with Gasteiger partial charge in [0.15, 0.2) is 0 Å². The van der Waals surface area contributed by atoms with Crippen molar-refractivity contribution in [2.75, 3.05) is 30.3 Å². The number of hydrogen-bond donors (Lipinski definition) is 3. The zero-order valence-electron chi connectivity index (χ0n) is 15.0. The second kappa shape index (κ2) is 7.50. The summed E-state index contributed by atoms with van der Waals surface area (Å²) in [4.78, 5) is 22.9. The number of anilines is 2. The van der Waals surface area contributed by atoms with Crippen molar-refractivity contribution < 1.29 is 4.79 Å². The Morgan fingerprint density at radius 1 is 1.26 bits per heavy atom. The average molecular weight is 409 g/mol. The van der Waals surface area contributed by atoms with Gasteiger partial charge >= 0.3 is 0 Å². The molecule has 1 aromatic heterocycles. The summed E-state index contributed by atoms with van der Waals surface area (Å²) in [6.07, 6.45) is 1.81. The van der Waals surface area contributed by atoms with Crippen LogP contribution in [0.15, 0.2) is 18.2 Å². The summed E-state index contributed by atoms with van der Waals surface area (Å²) in [6, 6.07) is 5.05. The van der Waals surface area contributed by atoms with Crippen molar-refractivity contribution in [3.05, 3.63) is 33.9 Å². The van der Waals surface area contributed by atoms with Crippen LogP contribution < -0.4 is 22.1 Å². The smallest absolute Gasteiger partial charge is 0.268 e. The molecular formula is C18H22Cl2N6O. The molecule has 0 unspecified atom stereocenters. The maximum Gasteiger partial charge on any atom is 0.268 e. The Labute approximate surface area is 167 Å². The third-order valence-electron chi connectivity index (χ3n) is 5.13. The fraction of sp³-hybridized carbons (Fsp3) is 0.389. The van der Waals surface area contributed by atoms with Gasteiger partial charge in [-0.1, -0.05) is 42.3 Å². The first-order chi connectivity index (χ1) is 12.8. The first-order valence-corrected chi connectivity index (χ1v) is 9.38. The second-order valence-corrected chi connectivity index (χ2v) is 7.89. The molecule has 1 aliphatic rings. The number of halogens is 2. The highest BCUT2D eigenvalue weighted by molar-refractivity contribution is 6.44. The number of amides is 1. The Morgan fingerprint density at radius 3 is 2.52 bits per heavy atom. The normalized spacial score (nSPS) is 16.4. The number of nitrogens with zero attached hydrogens (tertiary/aromatic N) is 3. The van der Waals surface area contributed by atoms with Gasteiger partial charge in [-0.3, -0.25) is 4.79 Å². The van der Waals surface area contributed by atoms with Gasteiger partial charge in [-0.2, -0.15) is 4.98 Å². The number of nitrogen functional groups attached to an aromatic ring is 1. The van der Waals surface area contributed by atoms with Crippen LogP contribution in [0.2, 0.25) is 10.0 Å². The molecule has 1 fully saturated rings. The van der Waals surface area contributed by atoms with Crippen molar-refractivity contribution in [2.24, 2.45) is 16.9 Å². The summed E-state index contributed by atoms with van der Waals surface area (Å²) in [6.45, 7) is 4.24. The second-order valence-electron chi connectivity index (χ2n) is 7.10. The number of rotatable bonds is 4. The van der Waals surface area contributed by atoms with Crippen molar-refractivity contribution in [1.82, 2.24) is 9.97 Å². The number of piperidine rings is 1. The third kappa shape index (κ3) is 3.81. The van der Waals surface area contributed by atoms with Crippen LogP contribution in [0, 0.1) is 5.41 Å². The number of hydrogen-bond acceptors (Lipinski definition) is 6. The quantitative estimate of drug-likeness (QED) is 0.713. The fourth-order valence-electron chi connectivity index (χ4n) is 3.20. The van der Waals surface area contributed by atoms with Crippen LogP contribution in [-0.4, -0.2) is 35.5 Å². The van der Waals surface area contributed by atoms with Crippen LogP contribution in [0.4, 0.5) is 11.8 Å². The molecule has 0 bridgehead atoms. The van der Waals surface area contributed by atoms with E-state index in [1.54, 1.807) is 18.2 Å². The number of carbonyl (C=O) groups excluding carboxylic acids is 1. The molecule has 2 heterocycles. The molecule has 1 aliphatic heterocycles. The van der Waals surface area contributed by atoms with Gasteiger partial charge in [-0.05, 0) is 30.9 Å². The maximum absolute atomic E-state index is 12.1. The molecule has 0 atom stereocenters. The van der Waals surface area contributed by atoms with Crippen molar-refractivity contribution in [2.45, 2.75) is 19.8 Å². The molecule has 0 saturated carbocycles. The highest BCUT2D eigenvalue weighted by Crippen LogP contribution is 2.38. The minimum Gasteiger partial charge on any atom is -0.383 e. The molecule has 1 amide bonds. The summed E-state index contributed by atoms with van der Waals surface area (Å²) in [5, 5.41) is 0.603. The SMILES string of the molecule is CC1(CN)CCN(c2nc(N)c(-c3cccc(Cl)c3Cl)c(C(N)=O)n2)CC1. The van der Waals surface area contributed by atoms with E-state index in [1.165, 1.54) is 0 Å². The number of benzene rings is 1. The van der Waals surface area contributed by atoms with Gasteiger partial charge in [0.1, 0.15) is 11.5 Å². The van der Waals surface area contributed by atoms with E-state index in [4.69, 9.17) is 40.4 Å². The average Bonchev–Trinajstić information content (AvgIpc) is 2.64. The number of primary amides is 1. The molecule has 144 valence electrons. The lowest BCUT2D eigenvalue weighted by atomic mass is 9.81. The summed E-state index contributed by atoms with van der Waals surface area (Å²) < 4.78 is 0. The molecule has 7 nitrogen and oxygen atoms in total. The van der Waals surface area contributed by atoms with E-state index in [1.807, 2.05) is 4.90 Å². The Kier molecular flexibility index (Phi) is 5.46. The molecular weight excluding hydrogens is 387 g/mol. The minimum absolute atomic E-state index is 0.0221. The molecule has 2 aromatic rings. The maximum atomic E-state index is 12.1. The van der Waals surface area contributed by atoms with E-state index >= 15 is 0 Å². The topological polar surface area (TPSA) is 124 Å². The van der Waals surface area contributed by atoms with Crippen molar-refractivity contribution in [1.29, 1.82) is 0 Å². The molecule has 9 heteroatoms. The number of aromatic nitrogens is 2. The Hall–Kier alpha value is -2.09. The van der Waals surface area contributed by atoms with E-state index in [9.17, 15) is 4.79 Å². The van der Waals surface area contributed by atoms with Gasteiger partial charge < -0.3 is 22.1 Å². The number of carbonyl (C=O) groups is 1. The van der Waals surface area contributed by atoms with E-state index < -0.39 is 5.91 Å². The van der Waals surface area contributed by atoms with Crippen LogP contribution in [0.1, 0.15) is 30.3 Å². The zero-order valence-corrected chi connectivity index (χ0v) is 16.5. The summed E-state index contributed by atoms with van der Waals surface area (Å²) in [7, 11) is 0. The fourth-order valence-corrected chi connectivity index (χ4v) is 3.59. The van der Waals surface area contributed by atoms with Crippen LogP contribution in [0.25, 0.3) is 11.1 Å². The van der Waals surface area contributed by atoms with E-state index in [0.29, 0.717) is 28.6 Å². The van der Waals surface area contributed by atoms with E-state index in [-0.39, 0.29) is 21.9 Å². The summed E-state index contributed by atoms with van der Waals surface area (Å²) in [5.41, 5.74) is 18.5. The summed E-state index contributed by atoms with van der Waals surface area (Å²) in [5.74, 6) is -0.201. The largest absolute Gasteiger partial charge is 0.383 e. The van der Waals surface area contributed by atoms with Gasteiger partial charge in [0.25, 0.3) is 5.91 Å². The lowest BCUT2D eigenvalue weighted by Gasteiger charge is -2.38. The lowest BCUT2D eigenvalue weighted by Crippen LogP contribution is -2.43. The number of nitrogens with two attached hydrogens (primary N) is 3. The lowest BCUT2D eigenvalue weighted by molar-refractivity contribution is 0.0996. The van der Waals surface area contributed by atoms with Gasteiger partial charge in [-0.15, -0.1) is 0 Å². The molecule has 6 N–H and O–H groups in total. The van der Waals surface area contributed by atoms with Crippen LogP contribution in [0.5, 0.6) is 0 Å². The first kappa shape index (κ1) is 19.7. The van der Waals surface area contributed by atoms with Gasteiger partial charge in [0.2, 0.25) is 5.95 Å². The Morgan fingerprint density at radius 2 is 1.93 bits per heavy atom. The van der Waals surface area contributed by atoms with Crippen LogP contribution in [-0.2, 0) is 0 Å². The minimum atomic E-state index is -0.708. The third-order valence-corrected chi connectivity index (χ3v) is 5.94. The van der Waals surface area contributed by atoms with Crippen molar-refractivity contribution in [3.8, 4) is 11.1 Å². The Balaban J connectivity index is 2.04. The van der Waals surface area contributed by atoms with Crippen molar-refractivity contribution >= 4 is 40.9 Å². The molecule has 0 radical (unpaired) electrons. The van der Waals surface area contributed by atoms with Gasteiger partial charge in [0.05, 0.1) is 15.6 Å². The predicted octanol–water partition coefficient (Wildman–Crippen LogP) is 2.70. The van der Waals surface area contributed by atoms with Crippen molar-refractivity contribution in [3.63, 3.8) is 0 Å². The molecule has 0 spiro atoms.